The van der Waals surface area contributed by atoms with E-state index in [1.165, 1.54) is 28.6 Å². The summed E-state index contributed by atoms with van der Waals surface area (Å²) in [5, 5.41) is 3.51. The second-order valence-corrected chi connectivity index (χ2v) is 9.86. The quantitative estimate of drug-likeness (QED) is 0.605. The van der Waals surface area contributed by atoms with Crippen LogP contribution in [0, 0.1) is 0 Å². The first kappa shape index (κ1) is 23.5. The lowest BCUT2D eigenvalue weighted by Crippen LogP contribution is -2.35. The van der Waals surface area contributed by atoms with Crippen LogP contribution in [0.2, 0.25) is 10.0 Å². The van der Waals surface area contributed by atoms with E-state index in [1.807, 2.05) is 0 Å². The first-order valence-corrected chi connectivity index (χ1v) is 11.9. The summed E-state index contributed by atoms with van der Waals surface area (Å²) in [5.74, 6) is -1.22. The molecule has 1 saturated heterocycles. The van der Waals surface area contributed by atoms with Crippen molar-refractivity contribution in [3.63, 3.8) is 0 Å². The summed E-state index contributed by atoms with van der Waals surface area (Å²) in [6.07, 6.45) is 2.71. The van der Waals surface area contributed by atoms with E-state index >= 15 is 0 Å². The summed E-state index contributed by atoms with van der Waals surface area (Å²) in [7, 11) is -3.57. The van der Waals surface area contributed by atoms with Gasteiger partial charge < -0.3 is 10.1 Å². The van der Waals surface area contributed by atoms with Crippen molar-refractivity contribution in [3.8, 4) is 0 Å². The molecular weight excluding hydrogens is 463 g/mol. The molecule has 31 heavy (non-hydrogen) atoms. The number of ether oxygens (including phenoxy) is 1. The van der Waals surface area contributed by atoms with Gasteiger partial charge in [0.05, 0.1) is 10.5 Å². The molecule has 1 aliphatic rings. The first-order chi connectivity index (χ1) is 14.8. The maximum atomic E-state index is 12.7. The van der Waals surface area contributed by atoms with Crippen molar-refractivity contribution in [2.75, 3.05) is 19.7 Å². The van der Waals surface area contributed by atoms with E-state index in [0.29, 0.717) is 28.7 Å². The van der Waals surface area contributed by atoms with Crippen LogP contribution in [0.1, 0.15) is 35.2 Å². The molecule has 0 aliphatic carbocycles. The number of carbonyl (C=O) groups excluding carboxylic acids is 2. The smallest absolute Gasteiger partial charge is 0.338 e. The van der Waals surface area contributed by atoms with Gasteiger partial charge in [0.15, 0.2) is 6.61 Å². The minimum absolute atomic E-state index is 0.128. The lowest BCUT2D eigenvalue weighted by Gasteiger charge is -2.25. The number of hydrogen-bond acceptors (Lipinski definition) is 5. The zero-order valence-corrected chi connectivity index (χ0v) is 19.0. The van der Waals surface area contributed by atoms with E-state index in [4.69, 9.17) is 27.9 Å². The molecule has 0 saturated carbocycles. The largest absolute Gasteiger partial charge is 0.452 e. The van der Waals surface area contributed by atoms with Crippen LogP contribution in [-0.4, -0.2) is 44.3 Å². The minimum atomic E-state index is -3.57. The molecule has 1 N–H and O–H groups in total. The van der Waals surface area contributed by atoms with Crippen molar-refractivity contribution in [2.45, 2.75) is 30.7 Å². The fourth-order valence-corrected chi connectivity index (χ4v) is 5.13. The van der Waals surface area contributed by atoms with Crippen LogP contribution in [0.4, 0.5) is 0 Å². The summed E-state index contributed by atoms with van der Waals surface area (Å²) in [5.41, 5.74) is 0.836. The standard InChI is InChI=1S/C21H22Cl2N2O5S/c22-17-7-4-16(19(23)12-17)13-24-20(26)14-30-21(27)15-5-8-18(9-6-15)31(28,29)25-10-2-1-3-11-25/h4-9,12H,1-3,10-11,13-14H2,(H,24,26). The van der Waals surface area contributed by atoms with Gasteiger partial charge in [-0.05, 0) is 54.8 Å². The summed E-state index contributed by atoms with van der Waals surface area (Å²) >= 11 is 11.9. The Kier molecular flexibility index (Phi) is 7.94. The highest BCUT2D eigenvalue weighted by atomic mass is 35.5. The molecule has 10 heteroatoms. The van der Waals surface area contributed by atoms with Gasteiger partial charge in [0.1, 0.15) is 0 Å². The molecule has 166 valence electrons. The van der Waals surface area contributed by atoms with Crippen LogP contribution in [0.3, 0.4) is 0 Å². The van der Waals surface area contributed by atoms with Crippen LogP contribution in [-0.2, 0) is 26.1 Å². The van der Waals surface area contributed by atoms with E-state index in [0.717, 1.165) is 19.3 Å². The van der Waals surface area contributed by atoms with Crippen molar-refractivity contribution in [2.24, 2.45) is 0 Å². The number of esters is 1. The van der Waals surface area contributed by atoms with E-state index < -0.39 is 28.5 Å². The molecule has 2 aromatic carbocycles. The average Bonchev–Trinajstić information content (AvgIpc) is 2.77. The van der Waals surface area contributed by atoms with Crippen molar-refractivity contribution in [1.82, 2.24) is 9.62 Å². The van der Waals surface area contributed by atoms with Gasteiger partial charge >= 0.3 is 5.97 Å². The van der Waals surface area contributed by atoms with Gasteiger partial charge in [-0.1, -0.05) is 35.7 Å². The number of nitrogens with zero attached hydrogens (tertiary/aromatic N) is 1. The molecular formula is C21H22Cl2N2O5S. The van der Waals surface area contributed by atoms with Crippen molar-refractivity contribution < 1.29 is 22.7 Å². The van der Waals surface area contributed by atoms with Crippen LogP contribution in [0.15, 0.2) is 47.4 Å². The van der Waals surface area contributed by atoms with Crippen molar-refractivity contribution in [3.05, 3.63) is 63.6 Å². The Morgan fingerprint density at radius 1 is 1.00 bits per heavy atom. The number of halogens is 2. The summed E-state index contributed by atoms with van der Waals surface area (Å²) < 4.78 is 31.8. The van der Waals surface area contributed by atoms with Gasteiger partial charge in [-0.2, -0.15) is 4.31 Å². The second-order valence-electron chi connectivity index (χ2n) is 7.08. The summed E-state index contributed by atoms with van der Waals surface area (Å²) in [6.45, 7) is 0.693. The number of rotatable bonds is 7. The number of sulfonamides is 1. The Morgan fingerprint density at radius 3 is 2.32 bits per heavy atom. The number of carbonyl (C=O) groups is 2. The van der Waals surface area contributed by atoms with Crippen molar-refractivity contribution >= 4 is 45.1 Å². The minimum Gasteiger partial charge on any atom is -0.452 e. The Morgan fingerprint density at radius 2 is 1.68 bits per heavy atom. The average molecular weight is 485 g/mol. The molecule has 0 unspecified atom stereocenters. The highest BCUT2D eigenvalue weighted by Gasteiger charge is 2.26. The van der Waals surface area contributed by atoms with Crippen LogP contribution in [0.25, 0.3) is 0 Å². The molecule has 0 bridgehead atoms. The summed E-state index contributed by atoms with van der Waals surface area (Å²) in [4.78, 5) is 24.3. The molecule has 1 amide bonds. The normalized spacial score (nSPS) is 14.8. The van der Waals surface area contributed by atoms with Gasteiger partial charge in [-0.25, -0.2) is 13.2 Å². The molecule has 0 spiro atoms. The number of piperidine rings is 1. The zero-order valence-electron chi connectivity index (χ0n) is 16.6. The molecule has 7 nitrogen and oxygen atoms in total. The van der Waals surface area contributed by atoms with E-state index in [-0.39, 0.29) is 17.0 Å². The maximum Gasteiger partial charge on any atom is 0.338 e. The monoisotopic (exact) mass is 484 g/mol. The van der Waals surface area contributed by atoms with E-state index in [2.05, 4.69) is 5.32 Å². The first-order valence-electron chi connectivity index (χ1n) is 9.75. The number of nitrogens with one attached hydrogen (secondary N) is 1. The fraction of sp³-hybridized carbons (Fsp3) is 0.333. The third kappa shape index (κ3) is 6.20. The molecule has 0 aromatic heterocycles. The van der Waals surface area contributed by atoms with E-state index in [9.17, 15) is 18.0 Å². The second kappa shape index (κ2) is 10.5. The molecule has 0 radical (unpaired) electrons. The van der Waals surface area contributed by atoms with Crippen LogP contribution in [0.5, 0.6) is 0 Å². The Balaban J connectivity index is 1.51. The number of benzene rings is 2. The lowest BCUT2D eigenvalue weighted by molar-refractivity contribution is -0.124. The predicted octanol–water partition coefficient (Wildman–Crippen LogP) is 3.64. The predicted molar refractivity (Wildman–Crippen MR) is 118 cm³/mol. The lowest BCUT2D eigenvalue weighted by atomic mass is 10.2. The Labute approximate surface area is 191 Å². The zero-order chi connectivity index (χ0) is 22.4. The topological polar surface area (TPSA) is 92.8 Å². The third-order valence-corrected chi connectivity index (χ3v) is 7.37. The Hall–Kier alpha value is -2.13. The molecule has 2 aromatic rings. The molecule has 1 fully saturated rings. The number of hydrogen-bond donors (Lipinski definition) is 1. The molecule has 0 atom stereocenters. The van der Waals surface area contributed by atoms with Gasteiger partial charge in [0.2, 0.25) is 10.0 Å². The molecule has 3 rings (SSSR count). The van der Waals surface area contributed by atoms with Crippen LogP contribution >= 0.6 is 23.2 Å². The molecule has 1 heterocycles. The van der Waals surface area contributed by atoms with Gasteiger partial charge in [0.25, 0.3) is 5.91 Å². The van der Waals surface area contributed by atoms with Crippen LogP contribution < -0.4 is 5.32 Å². The van der Waals surface area contributed by atoms with Gasteiger partial charge in [-0.15, -0.1) is 0 Å². The third-order valence-electron chi connectivity index (χ3n) is 4.87. The molecule has 1 aliphatic heterocycles. The SMILES string of the molecule is O=C(COC(=O)c1ccc(S(=O)(=O)N2CCCCC2)cc1)NCc1ccc(Cl)cc1Cl. The van der Waals surface area contributed by atoms with Crippen molar-refractivity contribution in [1.29, 1.82) is 0 Å². The maximum absolute atomic E-state index is 12.7. The number of amides is 1. The van der Waals surface area contributed by atoms with Gasteiger partial charge in [-0.3, -0.25) is 4.79 Å². The fourth-order valence-electron chi connectivity index (χ4n) is 3.14. The highest BCUT2D eigenvalue weighted by Crippen LogP contribution is 2.22. The summed E-state index contributed by atoms with van der Waals surface area (Å²) in [6, 6.07) is 10.4. The Bertz CT molecular complexity index is 1050. The van der Waals surface area contributed by atoms with Gasteiger partial charge in [0, 0.05) is 29.7 Å². The highest BCUT2D eigenvalue weighted by molar-refractivity contribution is 7.89. The van der Waals surface area contributed by atoms with E-state index in [1.54, 1.807) is 18.2 Å².